The van der Waals surface area contributed by atoms with Gasteiger partial charge < -0.3 is 5.11 Å². The molecule has 1 saturated heterocycles. The molecule has 0 spiro atoms. The number of rotatable bonds is 3. The van der Waals surface area contributed by atoms with Gasteiger partial charge in [0.25, 0.3) is 0 Å². The molecule has 78 valence electrons. The first-order valence-corrected chi connectivity index (χ1v) is 6.14. The second kappa shape index (κ2) is 4.36. The summed E-state index contributed by atoms with van der Waals surface area (Å²) >= 11 is 1.86. The van der Waals surface area contributed by atoms with Gasteiger partial charge in [0.2, 0.25) is 0 Å². The van der Waals surface area contributed by atoms with Crippen LogP contribution in [0.15, 0.2) is 12.4 Å². The van der Waals surface area contributed by atoms with Crippen LogP contribution in [0.1, 0.15) is 12.0 Å². The third-order valence-electron chi connectivity index (χ3n) is 2.73. The standard InChI is InChI=1S/C10H16N2OS/c1-12-5-8(4-11-12)2-3-9-6-14-7-10(9)13/h4-5,9-10,13H,2-3,6-7H2,1H3. The molecular formula is C10H16N2OS. The SMILES string of the molecule is Cn1cc(CCC2CSCC2O)cn1. The van der Waals surface area contributed by atoms with Crippen LogP contribution in [0, 0.1) is 5.92 Å². The van der Waals surface area contributed by atoms with Crippen LogP contribution < -0.4 is 0 Å². The highest BCUT2D eigenvalue weighted by Gasteiger charge is 2.25. The molecule has 1 aliphatic rings. The van der Waals surface area contributed by atoms with Gasteiger partial charge in [0, 0.05) is 19.0 Å². The summed E-state index contributed by atoms with van der Waals surface area (Å²) < 4.78 is 1.83. The number of aromatic nitrogens is 2. The third kappa shape index (κ3) is 2.30. The average molecular weight is 212 g/mol. The smallest absolute Gasteiger partial charge is 0.0666 e. The van der Waals surface area contributed by atoms with Gasteiger partial charge in [-0.1, -0.05) is 0 Å². The number of aryl methyl sites for hydroxylation is 2. The van der Waals surface area contributed by atoms with E-state index in [-0.39, 0.29) is 6.10 Å². The first-order valence-electron chi connectivity index (χ1n) is 4.99. The predicted octanol–water partition coefficient (Wildman–Crippen LogP) is 1.08. The van der Waals surface area contributed by atoms with Crippen LogP contribution in [0.2, 0.25) is 0 Å². The Labute approximate surface area is 88.5 Å². The minimum atomic E-state index is -0.0864. The van der Waals surface area contributed by atoms with E-state index in [1.807, 2.05) is 29.7 Å². The van der Waals surface area contributed by atoms with E-state index in [9.17, 15) is 5.11 Å². The zero-order valence-electron chi connectivity index (χ0n) is 8.39. The fourth-order valence-electron chi connectivity index (χ4n) is 1.82. The summed E-state index contributed by atoms with van der Waals surface area (Å²) in [6, 6.07) is 0. The molecule has 1 aromatic rings. The number of hydrogen-bond donors (Lipinski definition) is 1. The van der Waals surface area contributed by atoms with E-state index in [0.717, 1.165) is 24.3 Å². The number of hydrogen-bond acceptors (Lipinski definition) is 3. The van der Waals surface area contributed by atoms with Gasteiger partial charge >= 0.3 is 0 Å². The Bertz CT molecular complexity index is 300. The van der Waals surface area contributed by atoms with Crippen LogP contribution in [0.4, 0.5) is 0 Å². The van der Waals surface area contributed by atoms with Crippen molar-refractivity contribution in [3.05, 3.63) is 18.0 Å². The Balaban J connectivity index is 1.82. The second-order valence-electron chi connectivity index (χ2n) is 3.93. The van der Waals surface area contributed by atoms with Crippen LogP contribution in [-0.2, 0) is 13.5 Å². The molecule has 0 saturated carbocycles. The van der Waals surface area contributed by atoms with Crippen molar-refractivity contribution in [3.63, 3.8) is 0 Å². The highest BCUT2D eigenvalue weighted by atomic mass is 32.2. The van der Waals surface area contributed by atoms with E-state index in [2.05, 4.69) is 11.3 Å². The molecule has 0 radical (unpaired) electrons. The minimum absolute atomic E-state index is 0.0864. The minimum Gasteiger partial charge on any atom is -0.392 e. The third-order valence-corrected chi connectivity index (χ3v) is 3.97. The number of aliphatic hydroxyl groups is 1. The van der Waals surface area contributed by atoms with Crippen molar-refractivity contribution >= 4 is 11.8 Å². The van der Waals surface area contributed by atoms with Gasteiger partial charge in [-0.15, -0.1) is 0 Å². The zero-order valence-corrected chi connectivity index (χ0v) is 9.20. The van der Waals surface area contributed by atoms with Crippen LogP contribution in [0.25, 0.3) is 0 Å². The van der Waals surface area contributed by atoms with Crippen LogP contribution >= 0.6 is 11.8 Å². The van der Waals surface area contributed by atoms with Crippen LogP contribution in [-0.4, -0.2) is 32.5 Å². The fourth-order valence-corrected chi connectivity index (χ4v) is 3.16. The largest absolute Gasteiger partial charge is 0.392 e. The molecule has 0 aliphatic carbocycles. The lowest BCUT2D eigenvalue weighted by Gasteiger charge is -2.11. The molecule has 1 aliphatic heterocycles. The molecule has 0 amide bonds. The molecule has 4 heteroatoms. The molecule has 3 nitrogen and oxygen atoms in total. The number of thioether (sulfide) groups is 1. The van der Waals surface area contributed by atoms with E-state index in [1.165, 1.54) is 5.56 Å². The quantitative estimate of drug-likeness (QED) is 0.814. The van der Waals surface area contributed by atoms with Gasteiger partial charge in [-0.3, -0.25) is 4.68 Å². The maximum Gasteiger partial charge on any atom is 0.0666 e. The summed E-state index contributed by atoms with van der Waals surface area (Å²) in [5, 5.41) is 13.8. The van der Waals surface area contributed by atoms with Crippen LogP contribution in [0.5, 0.6) is 0 Å². The molecule has 14 heavy (non-hydrogen) atoms. The first kappa shape index (κ1) is 10.1. The van der Waals surface area contributed by atoms with Crippen molar-refractivity contribution in [1.82, 2.24) is 9.78 Å². The molecule has 2 heterocycles. The van der Waals surface area contributed by atoms with Gasteiger partial charge in [0.15, 0.2) is 0 Å². The summed E-state index contributed by atoms with van der Waals surface area (Å²) in [6.45, 7) is 0. The van der Waals surface area contributed by atoms with E-state index < -0.39 is 0 Å². The molecule has 2 rings (SSSR count). The van der Waals surface area contributed by atoms with E-state index >= 15 is 0 Å². The van der Waals surface area contributed by atoms with E-state index in [0.29, 0.717) is 5.92 Å². The highest BCUT2D eigenvalue weighted by Crippen LogP contribution is 2.27. The molecule has 1 N–H and O–H groups in total. The zero-order chi connectivity index (χ0) is 9.97. The van der Waals surface area contributed by atoms with Crippen molar-refractivity contribution in [1.29, 1.82) is 0 Å². The molecule has 2 atom stereocenters. The van der Waals surface area contributed by atoms with Crippen molar-refractivity contribution in [2.45, 2.75) is 18.9 Å². The molecular weight excluding hydrogens is 196 g/mol. The van der Waals surface area contributed by atoms with Gasteiger partial charge in [0.05, 0.1) is 12.3 Å². The Morgan fingerprint density at radius 2 is 2.50 bits per heavy atom. The molecule has 0 aromatic carbocycles. The van der Waals surface area contributed by atoms with Gasteiger partial charge in [-0.25, -0.2) is 0 Å². The monoisotopic (exact) mass is 212 g/mol. The summed E-state index contributed by atoms with van der Waals surface area (Å²) in [7, 11) is 1.93. The number of aliphatic hydroxyl groups excluding tert-OH is 1. The topological polar surface area (TPSA) is 38.0 Å². The van der Waals surface area contributed by atoms with Crippen molar-refractivity contribution in [3.8, 4) is 0 Å². The summed E-state index contributed by atoms with van der Waals surface area (Å²) in [5.41, 5.74) is 1.27. The fraction of sp³-hybridized carbons (Fsp3) is 0.700. The van der Waals surface area contributed by atoms with E-state index in [4.69, 9.17) is 0 Å². The summed E-state index contributed by atoms with van der Waals surface area (Å²) in [6.07, 6.45) is 6.00. The lowest BCUT2D eigenvalue weighted by atomic mass is 9.98. The Kier molecular flexibility index (Phi) is 3.13. The highest BCUT2D eigenvalue weighted by molar-refractivity contribution is 7.99. The number of nitrogens with zero attached hydrogens (tertiary/aromatic N) is 2. The molecule has 1 aromatic heterocycles. The Morgan fingerprint density at radius 1 is 1.64 bits per heavy atom. The van der Waals surface area contributed by atoms with E-state index in [1.54, 1.807) is 0 Å². The van der Waals surface area contributed by atoms with Crippen molar-refractivity contribution < 1.29 is 5.11 Å². The average Bonchev–Trinajstić information content (AvgIpc) is 2.72. The summed E-state index contributed by atoms with van der Waals surface area (Å²) in [5.74, 6) is 2.51. The maximum absolute atomic E-state index is 9.63. The lowest BCUT2D eigenvalue weighted by Crippen LogP contribution is -2.18. The van der Waals surface area contributed by atoms with Crippen molar-refractivity contribution in [2.24, 2.45) is 13.0 Å². The normalized spacial score (nSPS) is 27.0. The van der Waals surface area contributed by atoms with Gasteiger partial charge in [0.1, 0.15) is 0 Å². The summed E-state index contributed by atoms with van der Waals surface area (Å²) in [4.78, 5) is 0. The Hall–Kier alpha value is -0.480. The molecule has 0 bridgehead atoms. The van der Waals surface area contributed by atoms with Gasteiger partial charge in [-0.2, -0.15) is 16.9 Å². The van der Waals surface area contributed by atoms with Crippen LogP contribution in [0.3, 0.4) is 0 Å². The molecule has 1 fully saturated rings. The van der Waals surface area contributed by atoms with Crippen molar-refractivity contribution in [2.75, 3.05) is 11.5 Å². The predicted molar refractivity (Wildman–Crippen MR) is 58.4 cm³/mol. The molecule has 2 unspecified atom stereocenters. The second-order valence-corrected chi connectivity index (χ2v) is 5.00. The Morgan fingerprint density at radius 3 is 3.07 bits per heavy atom. The lowest BCUT2D eigenvalue weighted by molar-refractivity contribution is 0.145. The van der Waals surface area contributed by atoms with Gasteiger partial charge in [-0.05, 0) is 30.1 Å². The first-order chi connectivity index (χ1) is 6.75. The maximum atomic E-state index is 9.63.